The van der Waals surface area contributed by atoms with Crippen molar-refractivity contribution in [2.45, 2.75) is 25.3 Å². The monoisotopic (exact) mass is 226 g/mol. The summed E-state index contributed by atoms with van der Waals surface area (Å²) >= 11 is 0. The topological polar surface area (TPSA) is 58.6 Å². The standard InChI is InChI=1S/C11H18N2O3/c14-10-2-1-3-11(15)12-8-9(10)13-4-6-16-7-5-13/h9H,1-8H2,(H,12,15). The minimum Gasteiger partial charge on any atom is -0.379 e. The molecule has 2 heterocycles. The maximum atomic E-state index is 11.9. The van der Waals surface area contributed by atoms with Crippen molar-refractivity contribution < 1.29 is 14.3 Å². The predicted octanol–water partition coefficient (Wildman–Crippen LogP) is -0.444. The molecule has 2 aliphatic rings. The summed E-state index contributed by atoms with van der Waals surface area (Å²) in [7, 11) is 0. The molecule has 5 nitrogen and oxygen atoms in total. The van der Waals surface area contributed by atoms with E-state index >= 15 is 0 Å². The Balaban J connectivity index is 1.97. The van der Waals surface area contributed by atoms with Crippen LogP contribution < -0.4 is 5.32 Å². The molecule has 0 saturated carbocycles. The van der Waals surface area contributed by atoms with E-state index in [4.69, 9.17) is 4.74 Å². The lowest BCUT2D eigenvalue weighted by molar-refractivity contribution is -0.129. The third kappa shape index (κ3) is 2.80. The molecule has 2 saturated heterocycles. The van der Waals surface area contributed by atoms with Gasteiger partial charge in [0, 0.05) is 32.5 Å². The molecule has 5 heteroatoms. The van der Waals surface area contributed by atoms with Crippen molar-refractivity contribution in [3.8, 4) is 0 Å². The summed E-state index contributed by atoms with van der Waals surface area (Å²) in [5.41, 5.74) is 0. The highest BCUT2D eigenvalue weighted by molar-refractivity contribution is 5.87. The van der Waals surface area contributed by atoms with Crippen LogP contribution in [0, 0.1) is 0 Å². The summed E-state index contributed by atoms with van der Waals surface area (Å²) in [6.45, 7) is 3.38. The van der Waals surface area contributed by atoms with Gasteiger partial charge in [0.05, 0.1) is 19.3 Å². The maximum absolute atomic E-state index is 11.9. The minimum atomic E-state index is -0.145. The Morgan fingerprint density at radius 1 is 1.19 bits per heavy atom. The van der Waals surface area contributed by atoms with E-state index in [1.165, 1.54) is 0 Å². The average Bonchev–Trinajstić information content (AvgIpc) is 2.28. The number of morpholine rings is 1. The number of hydrogen-bond donors (Lipinski definition) is 1. The van der Waals surface area contributed by atoms with Crippen LogP contribution in [-0.4, -0.2) is 55.5 Å². The maximum Gasteiger partial charge on any atom is 0.220 e. The van der Waals surface area contributed by atoms with Crippen LogP contribution in [0.5, 0.6) is 0 Å². The van der Waals surface area contributed by atoms with E-state index in [0.717, 1.165) is 13.1 Å². The number of carbonyl (C=O) groups excluding carboxylic acids is 2. The van der Waals surface area contributed by atoms with Gasteiger partial charge in [-0.1, -0.05) is 0 Å². The van der Waals surface area contributed by atoms with Gasteiger partial charge in [-0.05, 0) is 6.42 Å². The van der Waals surface area contributed by atoms with Gasteiger partial charge < -0.3 is 10.1 Å². The molecule has 2 aliphatic heterocycles. The SMILES string of the molecule is O=C1CCCC(=O)C(N2CCOCC2)CN1. The minimum absolute atomic E-state index is 0.0609. The van der Waals surface area contributed by atoms with Gasteiger partial charge >= 0.3 is 0 Å². The van der Waals surface area contributed by atoms with Crippen LogP contribution in [0.4, 0.5) is 0 Å². The summed E-state index contributed by atoms with van der Waals surface area (Å²) in [5, 5.41) is 2.82. The van der Waals surface area contributed by atoms with Gasteiger partial charge in [-0.15, -0.1) is 0 Å². The molecule has 1 unspecified atom stereocenters. The van der Waals surface area contributed by atoms with Gasteiger partial charge in [0.15, 0.2) is 5.78 Å². The van der Waals surface area contributed by atoms with Crippen LogP contribution in [0.3, 0.4) is 0 Å². The summed E-state index contributed by atoms with van der Waals surface area (Å²) < 4.78 is 5.26. The van der Waals surface area contributed by atoms with Crippen LogP contribution in [-0.2, 0) is 14.3 Å². The Bertz CT molecular complexity index is 274. The van der Waals surface area contributed by atoms with Crippen LogP contribution in [0.1, 0.15) is 19.3 Å². The lowest BCUT2D eigenvalue weighted by Gasteiger charge is -2.34. The fourth-order valence-electron chi connectivity index (χ4n) is 2.22. The Morgan fingerprint density at radius 2 is 1.94 bits per heavy atom. The van der Waals surface area contributed by atoms with E-state index < -0.39 is 0 Å². The molecule has 90 valence electrons. The highest BCUT2D eigenvalue weighted by atomic mass is 16.5. The number of carbonyl (C=O) groups is 2. The lowest BCUT2D eigenvalue weighted by Crippen LogP contribution is -2.53. The summed E-state index contributed by atoms with van der Waals surface area (Å²) in [6.07, 6.45) is 1.67. The molecular weight excluding hydrogens is 208 g/mol. The van der Waals surface area contributed by atoms with Crippen molar-refractivity contribution in [2.24, 2.45) is 0 Å². The molecule has 0 spiro atoms. The zero-order valence-electron chi connectivity index (χ0n) is 9.41. The lowest BCUT2D eigenvalue weighted by atomic mass is 10.0. The fraction of sp³-hybridized carbons (Fsp3) is 0.818. The van der Waals surface area contributed by atoms with Crippen molar-refractivity contribution in [2.75, 3.05) is 32.8 Å². The zero-order chi connectivity index (χ0) is 11.4. The Morgan fingerprint density at radius 3 is 2.69 bits per heavy atom. The molecule has 16 heavy (non-hydrogen) atoms. The molecule has 1 atom stereocenters. The van der Waals surface area contributed by atoms with Crippen molar-refractivity contribution in [3.05, 3.63) is 0 Å². The summed E-state index contributed by atoms with van der Waals surface area (Å²) in [4.78, 5) is 25.4. The number of hydrogen-bond acceptors (Lipinski definition) is 4. The van der Waals surface area contributed by atoms with Gasteiger partial charge in [-0.3, -0.25) is 14.5 Å². The number of ketones is 1. The van der Waals surface area contributed by atoms with Crippen molar-refractivity contribution in [1.82, 2.24) is 10.2 Å². The largest absolute Gasteiger partial charge is 0.379 e. The first-order valence-electron chi connectivity index (χ1n) is 5.88. The predicted molar refractivity (Wildman–Crippen MR) is 58.0 cm³/mol. The van der Waals surface area contributed by atoms with Crippen molar-refractivity contribution >= 4 is 11.7 Å². The van der Waals surface area contributed by atoms with Gasteiger partial charge in [-0.25, -0.2) is 0 Å². The first-order valence-corrected chi connectivity index (χ1v) is 5.88. The number of nitrogens with zero attached hydrogens (tertiary/aromatic N) is 1. The molecule has 0 aliphatic carbocycles. The van der Waals surface area contributed by atoms with Crippen LogP contribution in [0.2, 0.25) is 0 Å². The average molecular weight is 226 g/mol. The summed E-state index contributed by atoms with van der Waals surface area (Å²) in [6, 6.07) is -0.145. The molecule has 0 aromatic carbocycles. The first kappa shape index (κ1) is 11.5. The van der Waals surface area contributed by atoms with Crippen LogP contribution in [0.25, 0.3) is 0 Å². The van der Waals surface area contributed by atoms with Crippen LogP contribution in [0.15, 0.2) is 0 Å². The Kier molecular flexibility index (Phi) is 3.90. The smallest absolute Gasteiger partial charge is 0.220 e. The second-order valence-electron chi connectivity index (χ2n) is 4.29. The van der Waals surface area contributed by atoms with E-state index in [-0.39, 0.29) is 17.7 Å². The second kappa shape index (κ2) is 5.41. The van der Waals surface area contributed by atoms with Crippen molar-refractivity contribution in [1.29, 1.82) is 0 Å². The third-order valence-corrected chi connectivity index (χ3v) is 3.18. The van der Waals surface area contributed by atoms with Gasteiger partial charge in [0.25, 0.3) is 0 Å². The van der Waals surface area contributed by atoms with E-state index in [1.807, 2.05) is 0 Å². The first-order chi connectivity index (χ1) is 7.77. The van der Waals surface area contributed by atoms with E-state index in [0.29, 0.717) is 39.0 Å². The van der Waals surface area contributed by atoms with E-state index in [9.17, 15) is 9.59 Å². The third-order valence-electron chi connectivity index (χ3n) is 3.18. The normalized spacial score (nSPS) is 29.4. The van der Waals surface area contributed by atoms with E-state index in [1.54, 1.807) is 0 Å². The fourth-order valence-corrected chi connectivity index (χ4v) is 2.22. The molecule has 1 N–H and O–H groups in total. The number of ether oxygens (including phenoxy) is 1. The van der Waals surface area contributed by atoms with E-state index in [2.05, 4.69) is 10.2 Å². The molecule has 0 aromatic rings. The Hall–Kier alpha value is -0.940. The molecule has 1 amide bonds. The number of Topliss-reactive ketones (excluding diaryl/α,β-unsaturated/α-hetero) is 1. The van der Waals surface area contributed by atoms with Gasteiger partial charge in [0.1, 0.15) is 0 Å². The van der Waals surface area contributed by atoms with Gasteiger partial charge in [-0.2, -0.15) is 0 Å². The molecule has 2 fully saturated rings. The molecule has 0 aromatic heterocycles. The van der Waals surface area contributed by atoms with Gasteiger partial charge in [0.2, 0.25) is 5.91 Å². The highest BCUT2D eigenvalue weighted by Gasteiger charge is 2.28. The number of amides is 1. The zero-order valence-corrected chi connectivity index (χ0v) is 9.41. The van der Waals surface area contributed by atoms with Crippen LogP contribution >= 0.6 is 0 Å². The second-order valence-corrected chi connectivity index (χ2v) is 4.29. The summed E-state index contributed by atoms with van der Waals surface area (Å²) in [5.74, 6) is 0.313. The molecule has 0 bridgehead atoms. The molecule has 2 rings (SSSR count). The number of nitrogens with one attached hydrogen (secondary N) is 1. The Labute approximate surface area is 95.1 Å². The van der Waals surface area contributed by atoms with Crippen molar-refractivity contribution in [3.63, 3.8) is 0 Å². The number of rotatable bonds is 1. The molecule has 0 radical (unpaired) electrons. The molecular formula is C11H18N2O3. The highest BCUT2D eigenvalue weighted by Crippen LogP contribution is 2.11. The quantitative estimate of drug-likeness (QED) is 0.658.